The van der Waals surface area contributed by atoms with Crippen LogP contribution in [0.1, 0.15) is 18.9 Å². The molecular formula is C11H11F3. The molecule has 0 saturated carbocycles. The minimum absolute atomic E-state index is 0.224. The fourth-order valence-corrected chi connectivity index (χ4v) is 1.22. The van der Waals surface area contributed by atoms with Crippen LogP contribution in [0.3, 0.4) is 0 Å². The Bertz CT molecular complexity index is 309. The van der Waals surface area contributed by atoms with E-state index in [1.165, 1.54) is 18.2 Å². The monoisotopic (exact) mass is 200 g/mol. The summed E-state index contributed by atoms with van der Waals surface area (Å²) in [4.78, 5) is 0. The van der Waals surface area contributed by atoms with Gasteiger partial charge in [-0.25, -0.2) is 0 Å². The number of alkyl halides is 3. The van der Waals surface area contributed by atoms with Crippen molar-refractivity contribution < 1.29 is 13.2 Å². The molecule has 0 aliphatic carbocycles. The molecule has 0 amide bonds. The van der Waals surface area contributed by atoms with Gasteiger partial charge < -0.3 is 0 Å². The Morgan fingerprint density at radius 1 is 1.21 bits per heavy atom. The van der Waals surface area contributed by atoms with Crippen molar-refractivity contribution in [3.63, 3.8) is 0 Å². The number of benzene rings is 1. The molecule has 0 radical (unpaired) electrons. The highest BCUT2D eigenvalue weighted by Gasteiger charge is 2.33. The van der Waals surface area contributed by atoms with E-state index in [4.69, 9.17) is 0 Å². The Morgan fingerprint density at radius 3 is 2.21 bits per heavy atom. The van der Waals surface area contributed by atoms with Crippen molar-refractivity contribution in [1.82, 2.24) is 0 Å². The van der Waals surface area contributed by atoms with E-state index in [9.17, 15) is 13.2 Å². The molecule has 0 nitrogen and oxygen atoms in total. The minimum Gasteiger partial charge on any atom is -0.166 e. The molecule has 0 bridgehead atoms. The van der Waals surface area contributed by atoms with Crippen LogP contribution in [0.4, 0.5) is 13.2 Å². The number of hydrogen-bond donors (Lipinski definition) is 0. The molecule has 0 aliphatic heterocycles. The zero-order chi connectivity index (χ0) is 10.6. The van der Waals surface area contributed by atoms with Crippen molar-refractivity contribution >= 4 is 5.57 Å². The predicted octanol–water partition coefficient (Wildman–Crippen LogP) is 4.04. The average molecular weight is 200 g/mol. The van der Waals surface area contributed by atoms with Gasteiger partial charge >= 0.3 is 6.18 Å². The van der Waals surface area contributed by atoms with E-state index in [1.807, 2.05) is 0 Å². The van der Waals surface area contributed by atoms with Gasteiger partial charge in [-0.2, -0.15) is 13.2 Å². The maximum atomic E-state index is 12.5. The summed E-state index contributed by atoms with van der Waals surface area (Å²) in [7, 11) is 0. The van der Waals surface area contributed by atoms with Gasteiger partial charge in [0.2, 0.25) is 0 Å². The molecular weight excluding hydrogens is 189 g/mol. The van der Waals surface area contributed by atoms with Crippen molar-refractivity contribution in [2.24, 2.45) is 0 Å². The summed E-state index contributed by atoms with van der Waals surface area (Å²) in [6.07, 6.45) is -2.68. The summed E-state index contributed by atoms with van der Waals surface area (Å²) in [6.45, 7) is 1.69. The van der Waals surface area contributed by atoms with E-state index in [1.54, 1.807) is 25.1 Å². The van der Waals surface area contributed by atoms with Crippen LogP contribution < -0.4 is 0 Å². The summed E-state index contributed by atoms with van der Waals surface area (Å²) in [5.74, 6) is 0. The molecule has 3 heteroatoms. The van der Waals surface area contributed by atoms with E-state index in [0.717, 1.165) is 0 Å². The second kappa shape index (κ2) is 4.31. The first kappa shape index (κ1) is 10.8. The maximum Gasteiger partial charge on any atom is 0.416 e. The van der Waals surface area contributed by atoms with Crippen molar-refractivity contribution in [3.05, 3.63) is 42.0 Å². The molecule has 14 heavy (non-hydrogen) atoms. The second-order valence-electron chi connectivity index (χ2n) is 2.89. The quantitative estimate of drug-likeness (QED) is 0.675. The standard InChI is InChI=1S/C11H11F3/c1-2-6-10(11(12,13)14)9-7-4-3-5-8-9/h3-8H,2H2,1H3. The average Bonchev–Trinajstić information content (AvgIpc) is 2.14. The van der Waals surface area contributed by atoms with Crippen molar-refractivity contribution in [2.45, 2.75) is 19.5 Å². The Morgan fingerprint density at radius 2 is 1.79 bits per heavy atom. The van der Waals surface area contributed by atoms with Crippen LogP contribution in [0, 0.1) is 0 Å². The third-order valence-electron chi connectivity index (χ3n) is 1.80. The molecule has 1 rings (SSSR count). The number of hydrogen-bond acceptors (Lipinski definition) is 0. The summed E-state index contributed by atoms with van der Waals surface area (Å²) >= 11 is 0. The van der Waals surface area contributed by atoms with Gasteiger partial charge in [0.05, 0.1) is 5.57 Å². The second-order valence-corrected chi connectivity index (χ2v) is 2.89. The predicted molar refractivity (Wildman–Crippen MR) is 50.8 cm³/mol. The van der Waals surface area contributed by atoms with E-state index < -0.39 is 11.7 Å². The lowest BCUT2D eigenvalue weighted by Gasteiger charge is -2.11. The largest absolute Gasteiger partial charge is 0.416 e. The molecule has 76 valence electrons. The summed E-state index contributed by atoms with van der Waals surface area (Å²) in [5, 5.41) is 0. The fraction of sp³-hybridized carbons (Fsp3) is 0.273. The van der Waals surface area contributed by atoms with Gasteiger partial charge in [-0.05, 0) is 12.0 Å². The molecule has 0 aromatic heterocycles. The highest BCUT2D eigenvalue weighted by Crippen LogP contribution is 2.33. The molecule has 0 atom stereocenters. The Labute approximate surface area is 81.1 Å². The fourth-order valence-electron chi connectivity index (χ4n) is 1.22. The minimum atomic E-state index is -4.27. The maximum absolute atomic E-state index is 12.5. The zero-order valence-electron chi connectivity index (χ0n) is 7.81. The Kier molecular flexibility index (Phi) is 3.33. The van der Waals surface area contributed by atoms with E-state index >= 15 is 0 Å². The van der Waals surface area contributed by atoms with Crippen LogP contribution in [-0.2, 0) is 0 Å². The smallest absolute Gasteiger partial charge is 0.166 e. The SMILES string of the molecule is CCC=C(c1ccccc1)C(F)(F)F. The molecule has 0 aliphatic rings. The first-order chi connectivity index (χ1) is 6.55. The number of allylic oxidation sites excluding steroid dienone is 2. The zero-order valence-corrected chi connectivity index (χ0v) is 7.81. The molecule has 0 saturated heterocycles. The van der Waals surface area contributed by atoms with Gasteiger partial charge in [-0.1, -0.05) is 43.3 Å². The molecule has 1 aromatic rings. The molecule has 0 heterocycles. The van der Waals surface area contributed by atoms with Crippen LogP contribution >= 0.6 is 0 Å². The van der Waals surface area contributed by atoms with Crippen LogP contribution in [0.15, 0.2) is 36.4 Å². The highest BCUT2D eigenvalue weighted by molar-refractivity contribution is 5.69. The van der Waals surface area contributed by atoms with Crippen molar-refractivity contribution in [2.75, 3.05) is 0 Å². The van der Waals surface area contributed by atoms with Crippen LogP contribution in [0.2, 0.25) is 0 Å². The number of halogens is 3. The molecule has 1 aromatic carbocycles. The third-order valence-corrected chi connectivity index (χ3v) is 1.80. The van der Waals surface area contributed by atoms with Gasteiger partial charge in [0, 0.05) is 0 Å². The molecule has 0 spiro atoms. The van der Waals surface area contributed by atoms with Gasteiger partial charge in [0.25, 0.3) is 0 Å². The molecule has 0 N–H and O–H groups in total. The Balaban J connectivity index is 3.09. The summed E-state index contributed by atoms with van der Waals surface area (Å²) in [6, 6.07) is 7.84. The normalized spacial score (nSPS) is 13.0. The van der Waals surface area contributed by atoms with Crippen LogP contribution in [0.25, 0.3) is 5.57 Å². The lowest BCUT2D eigenvalue weighted by Crippen LogP contribution is -2.10. The van der Waals surface area contributed by atoms with E-state index in [2.05, 4.69) is 0 Å². The summed E-state index contributed by atoms with van der Waals surface area (Å²) < 4.78 is 37.6. The van der Waals surface area contributed by atoms with E-state index in [0.29, 0.717) is 6.42 Å². The van der Waals surface area contributed by atoms with Gasteiger partial charge in [-0.15, -0.1) is 0 Å². The van der Waals surface area contributed by atoms with Gasteiger partial charge in [0.15, 0.2) is 0 Å². The van der Waals surface area contributed by atoms with Crippen molar-refractivity contribution in [1.29, 1.82) is 0 Å². The first-order valence-electron chi connectivity index (χ1n) is 4.38. The topological polar surface area (TPSA) is 0 Å². The van der Waals surface area contributed by atoms with Crippen LogP contribution in [-0.4, -0.2) is 6.18 Å². The molecule has 0 unspecified atom stereocenters. The highest BCUT2D eigenvalue weighted by atomic mass is 19.4. The number of rotatable bonds is 2. The lowest BCUT2D eigenvalue weighted by atomic mass is 10.0. The Hall–Kier alpha value is -1.25. The molecule has 0 fully saturated rings. The van der Waals surface area contributed by atoms with Gasteiger partial charge in [-0.3, -0.25) is 0 Å². The van der Waals surface area contributed by atoms with Crippen LogP contribution in [0.5, 0.6) is 0 Å². The third kappa shape index (κ3) is 2.62. The first-order valence-corrected chi connectivity index (χ1v) is 4.38. The summed E-state index contributed by atoms with van der Waals surface area (Å²) in [5.41, 5.74) is -0.331. The van der Waals surface area contributed by atoms with E-state index in [-0.39, 0.29) is 5.56 Å². The van der Waals surface area contributed by atoms with Gasteiger partial charge in [0.1, 0.15) is 0 Å². The van der Waals surface area contributed by atoms with Crippen molar-refractivity contribution in [3.8, 4) is 0 Å². The lowest BCUT2D eigenvalue weighted by molar-refractivity contribution is -0.0690.